The molecule has 1 aliphatic rings. The van der Waals surface area contributed by atoms with Crippen molar-refractivity contribution in [2.24, 2.45) is 0 Å². The molecule has 0 saturated heterocycles. The molecule has 3 aromatic heterocycles. The van der Waals surface area contributed by atoms with Gasteiger partial charge in [-0.1, -0.05) is 36.4 Å². The third-order valence-electron chi connectivity index (χ3n) is 7.77. The number of aromatic nitrogens is 4. The van der Waals surface area contributed by atoms with Crippen molar-refractivity contribution in [1.82, 2.24) is 24.8 Å². The maximum absolute atomic E-state index is 12.3. The number of unbranched alkanes of at least 4 members (excludes halogenated alkanes) is 1. The number of nitrogens with one attached hydrogen (secondary N) is 2. The Morgan fingerprint density at radius 3 is 2.73 bits per heavy atom. The average molecular weight is 596 g/mol. The fourth-order valence-corrected chi connectivity index (χ4v) is 5.30. The highest BCUT2D eigenvalue weighted by Crippen LogP contribution is 2.21. The maximum atomic E-state index is 12.3. The Morgan fingerprint density at radius 2 is 1.89 bits per heavy atom. The number of carboxylic acids is 1. The van der Waals surface area contributed by atoms with E-state index in [9.17, 15) is 9.90 Å². The normalized spacial score (nSPS) is 13.1. The summed E-state index contributed by atoms with van der Waals surface area (Å²) in [7, 11) is 0. The fourth-order valence-electron chi connectivity index (χ4n) is 5.30. The van der Waals surface area contributed by atoms with Gasteiger partial charge in [0.05, 0.1) is 5.69 Å². The molecule has 0 aliphatic carbocycles. The fraction of sp³-hybridized carbons (Fsp3) is 0.382. The van der Waals surface area contributed by atoms with Crippen LogP contribution in [0.2, 0.25) is 0 Å². The van der Waals surface area contributed by atoms with Gasteiger partial charge in [0.1, 0.15) is 30.0 Å². The van der Waals surface area contributed by atoms with Gasteiger partial charge in [0.25, 0.3) is 0 Å². The van der Waals surface area contributed by atoms with Gasteiger partial charge in [-0.15, -0.1) is 0 Å². The van der Waals surface area contributed by atoms with E-state index in [-0.39, 0.29) is 0 Å². The van der Waals surface area contributed by atoms with Crippen molar-refractivity contribution in [1.29, 1.82) is 0 Å². The lowest BCUT2D eigenvalue weighted by atomic mass is 10.1. The Labute approximate surface area is 259 Å². The molecule has 230 valence electrons. The van der Waals surface area contributed by atoms with Crippen molar-refractivity contribution in [3.05, 3.63) is 90.0 Å². The standard InChI is InChI=1S/C34H41N7O3/c1-25-30(13-8-18-35-25)44-24-23-41(21-6-5-12-28-15-14-27-11-7-19-36-32(27)38-28)22-17-29(34(42)43)39-31-16-20-37-33(40-31)26-9-3-2-4-10-26/h2-4,8-10,13-16,18,20,29H,5-7,11-12,17,19,21-24H2,1H3,(H,36,38)(H,42,43)(H,37,39,40). The van der Waals surface area contributed by atoms with Crippen molar-refractivity contribution < 1.29 is 14.6 Å². The van der Waals surface area contributed by atoms with Crippen LogP contribution in [0.5, 0.6) is 5.75 Å². The van der Waals surface area contributed by atoms with Crippen LogP contribution in [0.15, 0.2) is 73.1 Å². The Kier molecular flexibility index (Phi) is 11.1. The van der Waals surface area contributed by atoms with Crippen LogP contribution in [-0.2, 0) is 17.6 Å². The summed E-state index contributed by atoms with van der Waals surface area (Å²) in [6.07, 6.45) is 8.91. The number of ether oxygens (including phenoxy) is 1. The van der Waals surface area contributed by atoms with Crippen LogP contribution in [0, 0.1) is 6.92 Å². The molecule has 0 saturated carbocycles. The van der Waals surface area contributed by atoms with E-state index >= 15 is 0 Å². The molecule has 10 heteroatoms. The van der Waals surface area contributed by atoms with Crippen molar-refractivity contribution >= 4 is 17.6 Å². The molecular weight excluding hydrogens is 554 g/mol. The molecule has 1 atom stereocenters. The molecule has 1 aliphatic heterocycles. The van der Waals surface area contributed by atoms with Crippen molar-refractivity contribution in [2.45, 2.75) is 51.5 Å². The Bertz CT molecular complexity index is 1500. The topological polar surface area (TPSA) is 125 Å². The summed E-state index contributed by atoms with van der Waals surface area (Å²) in [6.45, 7) is 5.50. The van der Waals surface area contributed by atoms with E-state index in [4.69, 9.17) is 9.72 Å². The minimum absolute atomic E-state index is 0.407. The lowest BCUT2D eigenvalue weighted by Crippen LogP contribution is -2.37. The highest BCUT2D eigenvalue weighted by atomic mass is 16.5. The van der Waals surface area contributed by atoms with Gasteiger partial charge in [0.2, 0.25) is 0 Å². The molecule has 0 spiro atoms. The second kappa shape index (κ2) is 15.8. The smallest absolute Gasteiger partial charge is 0.326 e. The van der Waals surface area contributed by atoms with Gasteiger partial charge in [0, 0.05) is 43.3 Å². The quantitative estimate of drug-likeness (QED) is 0.148. The first-order chi connectivity index (χ1) is 21.5. The first-order valence-corrected chi connectivity index (χ1v) is 15.4. The molecule has 0 fully saturated rings. The Balaban J connectivity index is 1.17. The predicted molar refractivity (Wildman–Crippen MR) is 172 cm³/mol. The number of hydrogen-bond acceptors (Lipinski definition) is 9. The summed E-state index contributed by atoms with van der Waals surface area (Å²) in [4.78, 5) is 32.6. The van der Waals surface area contributed by atoms with Crippen LogP contribution in [0.1, 0.15) is 42.6 Å². The number of rotatable bonds is 16. The molecule has 1 unspecified atom stereocenters. The van der Waals surface area contributed by atoms with E-state index in [1.54, 1.807) is 18.5 Å². The summed E-state index contributed by atoms with van der Waals surface area (Å²) in [6, 6.07) is 18.7. The van der Waals surface area contributed by atoms with Crippen molar-refractivity contribution in [2.75, 3.05) is 43.4 Å². The highest BCUT2D eigenvalue weighted by Gasteiger charge is 2.20. The number of carbonyl (C=O) groups is 1. The van der Waals surface area contributed by atoms with E-state index in [1.165, 1.54) is 5.56 Å². The van der Waals surface area contributed by atoms with Gasteiger partial charge >= 0.3 is 5.97 Å². The zero-order valence-corrected chi connectivity index (χ0v) is 25.3. The van der Waals surface area contributed by atoms with Gasteiger partial charge in [0.15, 0.2) is 5.82 Å². The molecule has 44 heavy (non-hydrogen) atoms. The largest absolute Gasteiger partial charge is 0.490 e. The van der Waals surface area contributed by atoms with Crippen LogP contribution >= 0.6 is 0 Å². The molecule has 5 rings (SSSR count). The third-order valence-corrected chi connectivity index (χ3v) is 7.77. The van der Waals surface area contributed by atoms with Crippen molar-refractivity contribution in [3.8, 4) is 17.1 Å². The first-order valence-electron chi connectivity index (χ1n) is 15.4. The number of aryl methyl sites for hydroxylation is 3. The van der Waals surface area contributed by atoms with Crippen LogP contribution < -0.4 is 15.4 Å². The van der Waals surface area contributed by atoms with E-state index in [1.807, 2.05) is 49.4 Å². The second-order valence-corrected chi connectivity index (χ2v) is 11.0. The van der Waals surface area contributed by atoms with Crippen LogP contribution in [0.4, 0.5) is 11.6 Å². The molecule has 0 bridgehead atoms. The number of fused-ring (bicyclic) bond motifs is 1. The Hall–Kier alpha value is -4.57. The van der Waals surface area contributed by atoms with E-state index < -0.39 is 12.0 Å². The van der Waals surface area contributed by atoms with E-state index in [2.05, 4.69) is 42.6 Å². The molecule has 0 radical (unpaired) electrons. The highest BCUT2D eigenvalue weighted by molar-refractivity contribution is 5.77. The summed E-state index contributed by atoms with van der Waals surface area (Å²) >= 11 is 0. The monoisotopic (exact) mass is 595 g/mol. The molecule has 10 nitrogen and oxygen atoms in total. The number of aliphatic carboxylic acids is 1. The van der Waals surface area contributed by atoms with E-state index in [0.29, 0.717) is 37.8 Å². The number of pyridine rings is 2. The number of benzene rings is 1. The minimum Gasteiger partial charge on any atom is -0.490 e. The third kappa shape index (κ3) is 8.97. The molecule has 4 aromatic rings. The van der Waals surface area contributed by atoms with E-state index in [0.717, 1.165) is 73.7 Å². The zero-order chi connectivity index (χ0) is 30.6. The SMILES string of the molecule is Cc1ncccc1OCCN(CCCCc1ccc2c(n1)NCCC2)CCC(Nc1ccnc(-c2ccccc2)n1)C(=O)O. The van der Waals surface area contributed by atoms with Gasteiger partial charge in [-0.05, 0) is 81.8 Å². The van der Waals surface area contributed by atoms with Gasteiger partial charge in [-0.25, -0.2) is 19.7 Å². The average Bonchev–Trinajstić information content (AvgIpc) is 3.05. The van der Waals surface area contributed by atoms with Crippen LogP contribution in [0.3, 0.4) is 0 Å². The van der Waals surface area contributed by atoms with Gasteiger partial charge in [-0.2, -0.15) is 0 Å². The molecule has 4 heterocycles. The number of carboxylic acid groups (broad SMARTS) is 1. The van der Waals surface area contributed by atoms with Gasteiger partial charge < -0.3 is 20.5 Å². The summed E-state index contributed by atoms with van der Waals surface area (Å²) < 4.78 is 6.03. The number of hydrogen-bond donors (Lipinski definition) is 3. The Morgan fingerprint density at radius 1 is 1.00 bits per heavy atom. The maximum Gasteiger partial charge on any atom is 0.326 e. The molecule has 1 aromatic carbocycles. The predicted octanol–water partition coefficient (Wildman–Crippen LogP) is 5.26. The number of nitrogens with zero attached hydrogens (tertiary/aromatic N) is 5. The first kappa shape index (κ1) is 30.9. The summed E-state index contributed by atoms with van der Waals surface area (Å²) in [5.41, 5.74) is 4.13. The molecule has 3 N–H and O–H groups in total. The molecule has 0 amide bonds. The van der Waals surface area contributed by atoms with Gasteiger partial charge in [-0.3, -0.25) is 9.88 Å². The zero-order valence-electron chi connectivity index (χ0n) is 25.3. The molecular formula is C34H41N7O3. The van der Waals surface area contributed by atoms with Crippen LogP contribution in [0.25, 0.3) is 11.4 Å². The second-order valence-electron chi connectivity index (χ2n) is 11.0. The minimum atomic E-state index is -0.917. The van der Waals surface area contributed by atoms with Crippen molar-refractivity contribution in [3.63, 3.8) is 0 Å². The summed E-state index contributed by atoms with van der Waals surface area (Å²) in [5, 5.41) is 16.6. The summed E-state index contributed by atoms with van der Waals surface area (Å²) in [5.74, 6) is 1.92. The van der Waals surface area contributed by atoms with Crippen LogP contribution in [-0.4, -0.2) is 74.7 Å². The lowest BCUT2D eigenvalue weighted by molar-refractivity contribution is -0.138. The number of anilines is 2. The lowest BCUT2D eigenvalue weighted by Gasteiger charge is -2.25.